The van der Waals surface area contributed by atoms with Crippen molar-refractivity contribution in [3.05, 3.63) is 33.8 Å². The zero-order valence-electron chi connectivity index (χ0n) is 12.0. The van der Waals surface area contributed by atoms with Crippen LogP contribution in [0.1, 0.15) is 51.1 Å². The molecule has 19 heavy (non-hydrogen) atoms. The van der Waals surface area contributed by atoms with Gasteiger partial charge in [-0.2, -0.15) is 0 Å². The van der Waals surface area contributed by atoms with Crippen LogP contribution < -0.4 is 5.32 Å². The van der Waals surface area contributed by atoms with Crippen LogP contribution in [-0.2, 0) is 0 Å². The van der Waals surface area contributed by atoms with E-state index in [1.165, 1.54) is 31.2 Å². The van der Waals surface area contributed by atoms with Crippen LogP contribution in [0.25, 0.3) is 0 Å². The summed E-state index contributed by atoms with van der Waals surface area (Å²) in [5, 5.41) is 4.95. The van der Waals surface area contributed by atoms with E-state index in [0.29, 0.717) is 22.4 Å². The smallest absolute Gasteiger partial charge is 0.0468 e. The van der Waals surface area contributed by atoms with E-state index in [1.807, 2.05) is 19.2 Å². The van der Waals surface area contributed by atoms with Gasteiger partial charge in [0.05, 0.1) is 0 Å². The van der Waals surface area contributed by atoms with E-state index in [1.54, 1.807) is 0 Å². The number of nitrogens with one attached hydrogen (secondary N) is 1. The average Bonchev–Trinajstić information content (AvgIpc) is 2.34. The first-order valence-corrected chi connectivity index (χ1v) is 7.83. The lowest BCUT2D eigenvalue weighted by Gasteiger charge is -2.43. The van der Waals surface area contributed by atoms with Crippen LogP contribution in [0.15, 0.2) is 18.2 Å². The quantitative estimate of drug-likeness (QED) is 0.780. The summed E-state index contributed by atoms with van der Waals surface area (Å²) < 4.78 is 0. The Morgan fingerprint density at radius 1 is 1.26 bits per heavy atom. The van der Waals surface area contributed by atoms with Gasteiger partial charge in [-0.25, -0.2) is 0 Å². The van der Waals surface area contributed by atoms with E-state index in [-0.39, 0.29) is 0 Å². The first kappa shape index (κ1) is 15.2. The monoisotopic (exact) mass is 299 g/mol. The van der Waals surface area contributed by atoms with Crippen LogP contribution in [0.5, 0.6) is 0 Å². The van der Waals surface area contributed by atoms with E-state index < -0.39 is 0 Å². The minimum absolute atomic E-state index is 0.306. The van der Waals surface area contributed by atoms with Crippen molar-refractivity contribution in [1.29, 1.82) is 0 Å². The van der Waals surface area contributed by atoms with Gasteiger partial charge in [-0.3, -0.25) is 0 Å². The summed E-state index contributed by atoms with van der Waals surface area (Å²) >= 11 is 12.4. The van der Waals surface area contributed by atoms with E-state index in [2.05, 4.69) is 25.2 Å². The SMILES string of the molecule is CNC(c1ccc(Cl)cc1Cl)C1CCCCC1(C)C. The molecule has 2 atom stereocenters. The molecular weight excluding hydrogens is 277 g/mol. The molecule has 0 saturated heterocycles. The maximum absolute atomic E-state index is 6.39. The van der Waals surface area contributed by atoms with E-state index >= 15 is 0 Å². The summed E-state index contributed by atoms with van der Waals surface area (Å²) in [5.41, 5.74) is 1.53. The Balaban J connectivity index is 2.33. The van der Waals surface area contributed by atoms with Gasteiger partial charge >= 0.3 is 0 Å². The van der Waals surface area contributed by atoms with Gasteiger partial charge in [-0.15, -0.1) is 0 Å². The molecule has 1 aromatic carbocycles. The number of benzene rings is 1. The molecule has 1 aliphatic carbocycles. The molecule has 1 aromatic rings. The molecule has 1 N–H and O–H groups in total. The van der Waals surface area contributed by atoms with Crippen molar-refractivity contribution in [2.45, 2.75) is 45.6 Å². The second-order valence-corrected chi connectivity index (χ2v) is 7.12. The zero-order chi connectivity index (χ0) is 14.0. The molecule has 1 saturated carbocycles. The van der Waals surface area contributed by atoms with Crippen molar-refractivity contribution in [2.75, 3.05) is 7.05 Å². The Kier molecular flexibility index (Phi) is 4.81. The van der Waals surface area contributed by atoms with Crippen molar-refractivity contribution < 1.29 is 0 Å². The van der Waals surface area contributed by atoms with Gasteiger partial charge in [-0.1, -0.05) is 56.0 Å². The highest BCUT2D eigenvalue weighted by Gasteiger charge is 2.38. The van der Waals surface area contributed by atoms with Crippen LogP contribution in [0, 0.1) is 11.3 Å². The Hall–Kier alpha value is -0.240. The fourth-order valence-electron chi connectivity index (χ4n) is 3.47. The third kappa shape index (κ3) is 3.26. The summed E-state index contributed by atoms with van der Waals surface area (Å²) in [6.07, 6.45) is 5.21. The molecule has 1 fully saturated rings. The maximum Gasteiger partial charge on any atom is 0.0468 e. The standard InChI is InChI=1S/C16H23Cl2N/c1-16(2)9-5-4-6-13(16)15(19-3)12-8-7-11(17)10-14(12)18/h7-8,10,13,15,19H,4-6,9H2,1-3H3. The fraction of sp³-hybridized carbons (Fsp3) is 0.625. The fourth-order valence-corrected chi connectivity index (χ4v) is 3.99. The highest BCUT2D eigenvalue weighted by atomic mass is 35.5. The first-order valence-electron chi connectivity index (χ1n) is 7.08. The molecule has 0 spiro atoms. The molecule has 3 heteroatoms. The molecular formula is C16H23Cl2N. The Bertz CT molecular complexity index is 442. The van der Waals surface area contributed by atoms with Crippen LogP contribution in [0.3, 0.4) is 0 Å². The molecule has 0 heterocycles. The predicted octanol–water partition coefficient (Wildman–Crippen LogP) is 5.47. The summed E-state index contributed by atoms with van der Waals surface area (Å²) in [7, 11) is 2.03. The van der Waals surface area contributed by atoms with Crippen molar-refractivity contribution in [2.24, 2.45) is 11.3 Å². The minimum Gasteiger partial charge on any atom is -0.313 e. The zero-order valence-corrected chi connectivity index (χ0v) is 13.5. The number of hydrogen-bond donors (Lipinski definition) is 1. The molecule has 2 unspecified atom stereocenters. The summed E-state index contributed by atoms with van der Waals surface area (Å²) in [4.78, 5) is 0. The van der Waals surface area contributed by atoms with E-state index in [9.17, 15) is 0 Å². The van der Waals surface area contributed by atoms with Crippen LogP contribution in [0.4, 0.5) is 0 Å². The normalized spacial score (nSPS) is 24.2. The second-order valence-electron chi connectivity index (χ2n) is 6.27. The molecule has 0 radical (unpaired) electrons. The first-order chi connectivity index (χ1) is 8.95. The average molecular weight is 300 g/mol. The minimum atomic E-state index is 0.306. The highest BCUT2D eigenvalue weighted by Crippen LogP contribution is 2.47. The van der Waals surface area contributed by atoms with Gasteiger partial charge < -0.3 is 5.32 Å². The number of rotatable bonds is 3. The van der Waals surface area contributed by atoms with Crippen LogP contribution >= 0.6 is 23.2 Å². The lowest BCUT2D eigenvalue weighted by Crippen LogP contribution is -2.37. The van der Waals surface area contributed by atoms with Crippen molar-refractivity contribution in [3.8, 4) is 0 Å². The summed E-state index contributed by atoms with van der Waals surface area (Å²) in [6, 6.07) is 6.15. The summed E-state index contributed by atoms with van der Waals surface area (Å²) in [5.74, 6) is 0.616. The lowest BCUT2D eigenvalue weighted by atomic mass is 9.65. The van der Waals surface area contributed by atoms with E-state index in [4.69, 9.17) is 23.2 Å². The number of halogens is 2. The molecule has 0 amide bonds. The molecule has 1 nitrogen and oxygen atoms in total. The molecule has 0 bridgehead atoms. The lowest BCUT2D eigenvalue weighted by molar-refractivity contribution is 0.101. The van der Waals surface area contributed by atoms with Crippen molar-refractivity contribution >= 4 is 23.2 Å². The Morgan fingerprint density at radius 3 is 2.58 bits per heavy atom. The van der Waals surface area contributed by atoms with E-state index in [0.717, 1.165) is 5.02 Å². The molecule has 0 aliphatic heterocycles. The Morgan fingerprint density at radius 2 is 2.00 bits per heavy atom. The van der Waals surface area contributed by atoms with Gasteiger partial charge in [0.15, 0.2) is 0 Å². The Labute approximate surface area is 126 Å². The highest BCUT2D eigenvalue weighted by molar-refractivity contribution is 6.35. The third-order valence-corrected chi connectivity index (χ3v) is 5.16. The van der Waals surface area contributed by atoms with Gasteiger partial charge in [0.1, 0.15) is 0 Å². The molecule has 0 aromatic heterocycles. The maximum atomic E-state index is 6.39. The summed E-state index contributed by atoms with van der Waals surface area (Å²) in [6.45, 7) is 4.76. The molecule has 1 aliphatic rings. The third-order valence-electron chi connectivity index (χ3n) is 4.60. The van der Waals surface area contributed by atoms with Crippen molar-refractivity contribution in [1.82, 2.24) is 5.32 Å². The van der Waals surface area contributed by atoms with Gasteiger partial charge in [-0.05, 0) is 48.9 Å². The predicted molar refractivity (Wildman–Crippen MR) is 84.0 cm³/mol. The molecule has 106 valence electrons. The van der Waals surface area contributed by atoms with Gasteiger partial charge in [0, 0.05) is 16.1 Å². The van der Waals surface area contributed by atoms with Crippen LogP contribution in [-0.4, -0.2) is 7.05 Å². The topological polar surface area (TPSA) is 12.0 Å². The van der Waals surface area contributed by atoms with Crippen molar-refractivity contribution in [3.63, 3.8) is 0 Å². The number of hydrogen-bond acceptors (Lipinski definition) is 1. The van der Waals surface area contributed by atoms with Crippen LogP contribution in [0.2, 0.25) is 10.0 Å². The largest absolute Gasteiger partial charge is 0.313 e. The second kappa shape index (κ2) is 6.03. The van der Waals surface area contributed by atoms with Gasteiger partial charge in [0.2, 0.25) is 0 Å². The van der Waals surface area contributed by atoms with Gasteiger partial charge in [0.25, 0.3) is 0 Å². The molecule has 2 rings (SSSR count).